The summed E-state index contributed by atoms with van der Waals surface area (Å²) in [5.74, 6) is -0.933. The molecule has 0 bridgehead atoms. The molecule has 1 aromatic rings. The maximum Gasteiger partial charge on any atom is 0.329 e. The van der Waals surface area contributed by atoms with Gasteiger partial charge in [0.15, 0.2) is 12.4 Å². The zero-order valence-corrected chi connectivity index (χ0v) is 9.93. The lowest BCUT2D eigenvalue weighted by molar-refractivity contribution is -0.697. The Labute approximate surface area is 96.5 Å². The van der Waals surface area contributed by atoms with Crippen LogP contribution in [0.1, 0.15) is 19.8 Å². The number of aryl methyl sites for hydroxylation is 1. The SMILES string of the molecule is CCCC[n+]1ccccc1.COCC(=O)O. The van der Waals surface area contributed by atoms with Gasteiger partial charge in [-0.3, -0.25) is 0 Å². The van der Waals surface area contributed by atoms with Crippen LogP contribution in [0.5, 0.6) is 0 Å². The van der Waals surface area contributed by atoms with E-state index >= 15 is 0 Å². The number of aromatic nitrogens is 1. The fraction of sp³-hybridized carbons (Fsp3) is 0.500. The summed E-state index contributed by atoms with van der Waals surface area (Å²) in [6.45, 7) is 3.15. The second-order valence-electron chi connectivity index (χ2n) is 3.29. The van der Waals surface area contributed by atoms with Crippen LogP contribution in [0.3, 0.4) is 0 Å². The van der Waals surface area contributed by atoms with E-state index in [2.05, 4.69) is 40.8 Å². The first-order chi connectivity index (χ1) is 7.70. The molecular formula is C12H20NO3+. The third-order valence-electron chi connectivity index (χ3n) is 1.81. The molecule has 0 saturated heterocycles. The molecule has 90 valence electrons. The fourth-order valence-electron chi connectivity index (χ4n) is 1.05. The molecule has 4 heteroatoms. The summed E-state index contributed by atoms with van der Waals surface area (Å²) in [6, 6.07) is 6.17. The van der Waals surface area contributed by atoms with Gasteiger partial charge in [0.05, 0.1) is 0 Å². The minimum atomic E-state index is -0.933. The first-order valence-corrected chi connectivity index (χ1v) is 5.35. The summed E-state index contributed by atoms with van der Waals surface area (Å²) in [6.07, 6.45) is 6.75. The summed E-state index contributed by atoms with van der Waals surface area (Å²) in [5.41, 5.74) is 0. The van der Waals surface area contributed by atoms with Crippen LogP contribution in [0.2, 0.25) is 0 Å². The number of carboxylic acid groups (broad SMARTS) is 1. The molecule has 0 unspecified atom stereocenters. The molecule has 1 rings (SSSR count). The maximum atomic E-state index is 9.47. The predicted molar refractivity (Wildman–Crippen MR) is 61.1 cm³/mol. The quantitative estimate of drug-likeness (QED) is 0.774. The molecule has 0 saturated carbocycles. The van der Waals surface area contributed by atoms with Gasteiger partial charge in [0.25, 0.3) is 0 Å². The second-order valence-corrected chi connectivity index (χ2v) is 3.29. The van der Waals surface area contributed by atoms with Crippen molar-refractivity contribution in [3.05, 3.63) is 30.6 Å². The zero-order valence-electron chi connectivity index (χ0n) is 9.93. The largest absolute Gasteiger partial charge is 0.480 e. The Morgan fingerprint density at radius 3 is 2.31 bits per heavy atom. The van der Waals surface area contributed by atoms with E-state index in [0.717, 1.165) is 6.54 Å². The molecule has 0 fully saturated rings. The average Bonchev–Trinajstić information content (AvgIpc) is 2.28. The highest BCUT2D eigenvalue weighted by molar-refractivity contribution is 5.67. The Kier molecular flexibility index (Phi) is 9.21. The van der Waals surface area contributed by atoms with Gasteiger partial charge in [-0.25, -0.2) is 9.36 Å². The van der Waals surface area contributed by atoms with Crippen molar-refractivity contribution < 1.29 is 19.2 Å². The zero-order chi connectivity index (χ0) is 12.2. The Balaban J connectivity index is 0.000000325. The van der Waals surface area contributed by atoms with E-state index in [9.17, 15) is 4.79 Å². The first kappa shape index (κ1) is 14.6. The monoisotopic (exact) mass is 226 g/mol. The molecule has 1 heterocycles. The Hall–Kier alpha value is -1.42. The van der Waals surface area contributed by atoms with Crippen molar-refractivity contribution in [2.24, 2.45) is 0 Å². The van der Waals surface area contributed by atoms with Crippen LogP contribution >= 0.6 is 0 Å². The Morgan fingerprint density at radius 1 is 1.31 bits per heavy atom. The van der Waals surface area contributed by atoms with Crippen molar-refractivity contribution in [1.82, 2.24) is 0 Å². The topological polar surface area (TPSA) is 50.4 Å². The molecule has 1 N–H and O–H groups in total. The van der Waals surface area contributed by atoms with Gasteiger partial charge in [0.2, 0.25) is 0 Å². The van der Waals surface area contributed by atoms with Crippen LogP contribution in [0.15, 0.2) is 30.6 Å². The maximum absolute atomic E-state index is 9.47. The van der Waals surface area contributed by atoms with Crippen LogP contribution in [-0.2, 0) is 16.1 Å². The summed E-state index contributed by atoms with van der Waals surface area (Å²) in [7, 11) is 1.34. The van der Waals surface area contributed by atoms with Gasteiger partial charge in [0, 0.05) is 25.7 Å². The van der Waals surface area contributed by atoms with Gasteiger partial charge in [-0.2, -0.15) is 0 Å². The number of unbranched alkanes of at least 4 members (excludes halogenated alkanes) is 1. The average molecular weight is 226 g/mol. The van der Waals surface area contributed by atoms with Crippen LogP contribution in [0.4, 0.5) is 0 Å². The summed E-state index contributed by atoms with van der Waals surface area (Å²) < 4.78 is 6.42. The molecule has 0 aliphatic rings. The highest BCUT2D eigenvalue weighted by Gasteiger charge is 1.93. The minimum Gasteiger partial charge on any atom is -0.480 e. The van der Waals surface area contributed by atoms with E-state index in [1.165, 1.54) is 20.0 Å². The Bertz CT molecular complexity index is 275. The molecule has 0 radical (unpaired) electrons. The summed E-state index contributed by atoms with van der Waals surface area (Å²) in [4.78, 5) is 9.47. The molecule has 0 spiro atoms. The molecule has 0 aromatic carbocycles. The molecule has 0 aliphatic heterocycles. The van der Waals surface area contributed by atoms with Crippen molar-refractivity contribution in [2.75, 3.05) is 13.7 Å². The molecule has 0 amide bonds. The highest BCUT2D eigenvalue weighted by Crippen LogP contribution is 1.85. The fourth-order valence-corrected chi connectivity index (χ4v) is 1.05. The van der Waals surface area contributed by atoms with E-state index in [0.29, 0.717) is 0 Å². The summed E-state index contributed by atoms with van der Waals surface area (Å²) >= 11 is 0. The number of nitrogens with zero attached hydrogens (tertiary/aromatic N) is 1. The molecule has 16 heavy (non-hydrogen) atoms. The number of aliphatic carboxylic acids is 1. The lowest BCUT2D eigenvalue weighted by atomic mass is 10.3. The third-order valence-corrected chi connectivity index (χ3v) is 1.81. The molecule has 0 aliphatic carbocycles. The van der Waals surface area contributed by atoms with Gasteiger partial charge in [-0.15, -0.1) is 0 Å². The van der Waals surface area contributed by atoms with Gasteiger partial charge in [-0.05, 0) is 0 Å². The smallest absolute Gasteiger partial charge is 0.329 e. The number of carboxylic acids is 1. The molecule has 0 atom stereocenters. The second kappa shape index (κ2) is 10.1. The number of methoxy groups -OCH3 is 1. The third kappa shape index (κ3) is 9.15. The summed E-state index contributed by atoms with van der Waals surface area (Å²) in [5, 5.41) is 7.79. The van der Waals surface area contributed by atoms with Crippen LogP contribution in [0.25, 0.3) is 0 Å². The lowest BCUT2D eigenvalue weighted by Gasteiger charge is -1.91. The van der Waals surface area contributed by atoms with Crippen LogP contribution < -0.4 is 4.57 Å². The Morgan fingerprint density at radius 2 is 1.94 bits per heavy atom. The number of ether oxygens (including phenoxy) is 1. The van der Waals surface area contributed by atoms with Gasteiger partial charge < -0.3 is 9.84 Å². The number of hydrogen-bond acceptors (Lipinski definition) is 2. The molecule has 1 aromatic heterocycles. The van der Waals surface area contributed by atoms with Crippen molar-refractivity contribution in [1.29, 1.82) is 0 Å². The number of hydrogen-bond donors (Lipinski definition) is 1. The van der Waals surface area contributed by atoms with Crippen molar-refractivity contribution in [3.63, 3.8) is 0 Å². The first-order valence-electron chi connectivity index (χ1n) is 5.35. The number of pyridine rings is 1. The van der Waals surface area contributed by atoms with E-state index < -0.39 is 5.97 Å². The van der Waals surface area contributed by atoms with E-state index in [1.54, 1.807) is 0 Å². The molecular weight excluding hydrogens is 206 g/mol. The van der Waals surface area contributed by atoms with Crippen molar-refractivity contribution in [3.8, 4) is 0 Å². The van der Waals surface area contributed by atoms with Gasteiger partial charge in [-0.1, -0.05) is 19.4 Å². The van der Waals surface area contributed by atoms with E-state index in [1.807, 2.05) is 6.07 Å². The van der Waals surface area contributed by atoms with Crippen molar-refractivity contribution >= 4 is 5.97 Å². The van der Waals surface area contributed by atoms with E-state index in [-0.39, 0.29) is 6.61 Å². The van der Waals surface area contributed by atoms with Crippen molar-refractivity contribution in [2.45, 2.75) is 26.3 Å². The van der Waals surface area contributed by atoms with E-state index in [4.69, 9.17) is 5.11 Å². The van der Waals surface area contributed by atoms with Gasteiger partial charge >= 0.3 is 5.97 Å². The highest BCUT2D eigenvalue weighted by atomic mass is 16.5. The minimum absolute atomic E-state index is 0.208. The predicted octanol–water partition coefficient (Wildman–Crippen LogP) is 1.49. The molecule has 4 nitrogen and oxygen atoms in total. The number of carbonyl (C=O) groups is 1. The van der Waals surface area contributed by atoms with Gasteiger partial charge in [0.1, 0.15) is 13.2 Å². The lowest BCUT2D eigenvalue weighted by Crippen LogP contribution is -2.31. The standard InChI is InChI=1S/C9H14N.C3H6O3/c1-2-3-7-10-8-5-4-6-9-10;1-6-2-3(4)5/h4-6,8-9H,2-3,7H2,1H3;2H2,1H3,(H,4,5)/q+1;. The van der Waals surface area contributed by atoms with Crippen LogP contribution in [-0.4, -0.2) is 24.8 Å². The normalized spacial score (nSPS) is 9.12. The number of rotatable bonds is 5. The van der Waals surface area contributed by atoms with Crippen LogP contribution in [0, 0.1) is 0 Å².